The minimum Gasteiger partial charge on any atom is -0.289 e. The van der Waals surface area contributed by atoms with Crippen molar-refractivity contribution in [2.45, 2.75) is 174 Å². The zero-order chi connectivity index (χ0) is 80.7. The standard InChI is InChI=1S/C98H79F4N7O3S5/c1-7-11-15-19-23-54-27-35-58(36-28-54)97(59-37-29-55(30-38-59)24-20-16-12-8-2)70-45-62(43-68-77(53(5)51-103)64-47-72(99)74(101)49-66(64)89(68)110)113-92(70)96-83(97)81-79-80(86-88(94(81)116-96)109-117-108-86)82-84-95(115-93(82)87-85(79)106-112-107-87)91-71(46-63(114-91)44-69-78(76(52-104)105-6)65-48-73(100)75(102)50-67(65)90(69)111)98(84,60-39-31-56(32-40-60)25-21-17-13-9-3)61-41-33-57(34-42-61)26-22-18-14-10-4/h27-50H,7-26H2,1-5H3/b68-43-,69-44-,77-53-,78-76+. The van der Waals surface area contributed by atoms with Gasteiger partial charge in [-0.05, 0) is 195 Å². The number of Topliss-reactive ketones (excluding diaryl/α,β-unsaturated/α-hetero) is 2. The summed E-state index contributed by atoms with van der Waals surface area (Å²) in [6.07, 6.45) is 24.6. The number of fused-ring (bicyclic) bond motifs is 21. The van der Waals surface area contributed by atoms with E-state index in [4.69, 9.17) is 30.3 Å². The summed E-state index contributed by atoms with van der Waals surface area (Å²) >= 11 is 7.37. The molecule has 0 radical (unpaired) electrons. The maximum Gasteiger partial charge on any atom is 0.270 e. The van der Waals surface area contributed by atoms with E-state index >= 15 is 17.6 Å². The van der Waals surface area contributed by atoms with E-state index in [1.165, 1.54) is 44.9 Å². The normalized spacial score (nSPS) is 15.8. The van der Waals surface area contributed by atoms with E-state index in [2.05, 4.69) is 148 Å². The van der Waals surface area contributed by atoms with Crippen LogP contribution < -0.4 is 0 Å². The van der Waals surface area contributed by atoms with Crippen molar-refractivity contribution in [1.82, 2.24) is 19.1 Å². The van der Waals surface area contributed by atoms with Gasteiger partial charge >= 0.3 is 0 Å². The van der Waals surface area contributed by atoms with Crippen molar-refractivity contribution >= 4 is 145 Å². The molecule has 18 rings (SSSR count). The van der Waals surface area contributed by atoms with Crippen molar-refractivity contribution in [2.75, 3.05) is 0 Å². The highest BCUT2D eigenvalue weighted by molar-refractivity contribution is 7.29. The van der Waals surface area contributed by atoms with Gasteiger partial charge in [0.25, 0.3) is 5.70 Å². The lowest BCUT2D eigenvalue weighted by atomic mass is 9.66. The number of nitriles is 2. The first-order valence-electron chi connectivity index (χ1n) is 40.7. The molecule has 4 aliphatic rings. The fourth-order valence-electron chi connectivity index (χ4n) is 18.9. The zero-order valence-electron chi connectivity index (χ0n) is 65.4. The van der Waals surface area contributed by atoms with Crippen LogP contribution in [0.25, 0.3) is 101 Å². The Balaban J connectivity index is 0.957. The van der Waals surface area contributed by atoms with E-state index in [9.17, 15) is 20.1 Å². The molecular weight excluding hydrogens is 1560 g/mol. The monoisotopic (exact) mass is 1640 g/mol. The molecule has 0 saturated heterocycles. The van der Waals surface area contributed by atoms with Crippen molar-refractivity contribution in [3.8, 4) is 31.6 Å². The molecule has 0 fully saturated rings. The molecule has 117 heavy (non-hydrogen) atoms. The second-order valence-electron chi connectivity index (χ2n) is 31.5. The number of aryl methyl sites for hydroxylation is 4. The summed E-state index contributed by atoms with van der Waals surface area (Å²) in [6, 6.07) is 48.6. The van der Waals surface area contributed by atoms with Crippen LogP contribution >= 0.6 is 57.1 Å². The fraction of sp³-hybridized carbons (Fsp3) is 0.276. The van der Waals surface area contributed by atoms with Gasteiger partial charge in [0.05, 0.1) is 70.2 Å². The topological polar surface area (TPSA) is 151 Å². The number of unbranched alkanes of at least 4 members (excludes halogenated alkanes) is 12. The number of ketones is 2. The minimum atomic E-state index is -1.22. The predicted molar refractivity (Wildman–Crippen MR) is 467 cm³/mol. The number of carbonyl (C=O) groups is 2. The van der Waals surface area contributed by atoms with Crippen LogP contribution in [0.5, 0.6) is 0 Å². The Morgan fingerprint density at radius 1 is 0.444 bits per heavy atom. The van der Waals surface area contributed by atoms with E-state index < -0.39 is 51.4 Å². The molecule has 4 aliphatic carbocycles. The van der Waals surface area contributed by atoms with Crippen LogP contribution in [0, 0.1) is 52.5 Å². The quantitative estimate of drug-likeness (QED) is 0.0170. The summed E-state index contributed by atoms with van der Waals surface area (Å²) in [7, 11) is 0. The molecule has 0 aliphatic heterocycles. The summed E-state index contributed by atoms with van der Waals surface area (Å²) in [4.78, 5) is 38.4. The van der Waals surface area contributed by atoms with Gasteiger partial charge in [0, 0.05) is 70.3 Å². The number of carbonyl (C=O) groups excluding carboxylic acids is 2. The third-order valence-electron chi connectivity index (χ3n) is 24.5. The largest absolute Gasteiger partial charge is 0.289 e. The van der Waals surface area contributed by atoms with Crippen LogP contribution in [0.15, 0.2) is 161 Å². The van der Waals surface area contributed by atoms with Gasteiger partial charge in [-0.15, -0.1) is 45.3 Å². The molecule has 19 heteroatoms. The molecule has 6 aromatic heterocycles. The van der Waals surface area contributed by atoms with Gasteiger partial charge < -0.3 is 0 Å². The molecule has 14 aromatic rings. The van der Waals surface area contributed by atoms with Crippen LogP contribution in [0.4, 0.5) is 17.6 Å². The molecule has 0 atom stereocenters. The van der Waals surface area contributed by atoms with Crippen molar-refractivity contribution in [1.29, 1.82) is 10.5 Å². The Morgan fingerprint density at radius 3 is 1.21 bits per heavy atom. The molecule has 0 N–H and O–H groups in total. The number of allylic oxidation sites excluding steroid dienone is 6. The van der Waals surface area contributed by atoms with Crippen molar-refractivity contribution < 1.29 is 31.8 Å². The Morgan fingerprint density at radius 2 is 0.812 bits per heavy atom. The van der Waals surface area contributed by atoms with Gasteiger partial charge in [-0.3, -0.25) is 9.59 Å². The van der Waals surface area contributed by atoms with Crippen LogP contribution in [0.2, 0.25) is 0 Å². The first-order chi connectivity index (χ1) is 57.1. The average Bonchev–Trinajstić information content (AvgIpc) is 1.49. The van der Waals surface area contributed by atoms with Crippen LogP contribution in [0.1, 0.15) is 246 Å². The van der Waals surface area contributed by atoms with E-state index in [0.717, 1.165) is 259 Å². The van der Waals surface area contributed by atoms with Gasteiger partial charge in [0.15, 0.2) is 40.4 Å². The Labute approximate surface area is 696 Å². The highest BCUT2D eigenvalue weighted by Crippen LogP contribution is 2.69. The summed E-state index contributed by atoms with van der Waals surface area (Å²) in [5.74, 6) is -5.84. The number of benzene rings is 8. The van der Waals surface area contributed by atoms with Crippen molar-refractivity contribution in [2.24, 2.45) is 0 Å². The molecule has 0 amide bonds. The van der Waals surface area contributed by atoms with E-state index in [1.807, 2.05) is 6.07 Å². The van der Waals surface area contributed by atoms with Gasteiger partial charge in [0.1, 0.15) is 16.6 Å². The Kier molecular flexibility index (Phi) is 20.8. The lowest BCUT2D eigenvalue weighted by molar-refractivity contribution is 0.103. The number of nitrogens with zero attached hydrogens (tertiary/aromatic N) is 7. The number of hydrogen-bond acceptors (Lipinski definition) is 14. The molecule has 0 bridgehead atoms. The Hall–Kier alpha value is -11.0. The summed E-state index contributed by atoms with van der Waals surface area (Å²) in [6.45, 7) is 18.7. The van der Waals surface area contributed by atoms with Crippen LogP contribution in [0.3, 0.4) is 0 Å². The minimum absolute atomic E-state index is 0.0116. The fourth-order valence-corrected chi connectivity index (χ4v) is 24.8. The molecule has 0 unspecified atom stereocenters. The van der Waals surface area contributed by atoms with Gasteiger partial charge in [-0.1, -0.05) is 202 Å². The third-order valence-corrected chi connectivity index (χ3v) is 29.9. The highest BCUT2D eigenvalue weighted by Gasteiger charge is 2.54. The lowest BCUT2D eigenvalue weighted by Gasteiger charge is -2.34. The van der Waals surface area contributed by atoms with Gasteiger partial charge in [-0.2, -0.15) is 14.0 Å². The Bertz CT molecular complexity index is 6590. The number of aromatic nitrogens is 4. The SMILES string of the molecule is [C-]#[N+]/C(C#N)=C1/C(=C/c2cc3c(s2)-c2sc4c5nonc5c5c6c7c(sc6c6nsnc6c5c4c2C3(c2ccc(CCCCCC)cc2)c2ccc(CCCCCC)cc2)-c2sc(/C=C3\C(=O)c4cc(F)c(F)cc4\C3=C(/C)C#N)cc2C7(c2ccc(CCCCCC)cc2)c2ccc(CCCCCC)cc2)C(=O)c2cc(F)c(F)cc21. The highest BCUT2D eigenvalue weighted by atomic mass is 32.1. The van der Waals surface area contributed by atoms with Gasteiger partial charge in [-0.25, -0.2) is 32.3 Å². The molecule has 0 saturated carbocycles. The van der Waals surface area contributed by atoms with Crippen LogP contribution in [-0.2, 0) is 36.5 Å². The molecule has 0 spiro atoms. The molecule has 6 heterocycles. The first-order valence-corrected chi connectivity index (χ1v) is 44.7. The van der Waals surface area contributed by atoms with Crippen molar-refractivity contribution in [3.63, 3.8) is 0 Å². The summed E-state index contributed by atoms with van der Waals surface area (Å²) in [5.41, 5.74) is 12.9. The summed E-state index contributed by atoms with van der Waals surface area (Å²) < 4.78 is 80.1. The molecule has 10 nitrogen and oxygen atoms in total. The number of hydrogen-bond donors (Lipinski definition) is 0. The number of thiophene rings is 4. The summed E-state index contributed by atoms with van der Waals surface area (Å²) in [5, 5.41) is 34.6. The second-order valence-corrected chi connectivity index (χ2v) is 36.2. The second kappa shape index (κ2) is 31.5. The number of rotatable bonds is 26. The maximum atomic E-state index is 15.4. The number of halogens is 4. The maximum absolute atomic E-state index is 15.4. The molecule has 8 aromatic carbocycles. The zero-order valence-corrected chi connectivity index (χ0v) is 69.5. The van der Waals surface area contributed by atoms with Gasteiger partial charge in [0.2, 0.25) is 0 Å². The van der Waals surface area contributed by atoms with Crippen molar-refractivity contribution in [3.05, 3.63) is 289 Å². The average molecular weight is 1640 g/mol. The third kappa shape index (κ3) is 12.5. The first kappa shape index (κ1) is 77.3. The molecule has 582 valence electrons. The predicted octanol–water partition coefficient (Wildman–Crippen LogP) is 27.7. The van der Waals surface area contributed by atoms with Crippen LogP contribution in [-0.4, -0.2) is 30.6 Å². The smallest absolute Gasteiger partial charge is 0.270 e. The lowest BCUT2D eigenvalue weighted by Crippen LogP contribution is -2.28. The molecular formula is C98H79F4N7O3S5. The van der Waals surface area contributed by atoms with E-state index in [0.29, 0.717) is 31.8 Å². The van der Waals surface area contributed by atoms with E-state index in [1.54, 1.807) is 41.7 Å². The van der Waals surface area contributed by atoms with E-state index in [-0.39, 0.29) is 50.1 Å².